The van der Waals surface area contributed by atoms with Gasteiger partial charge in [0.15, 0.2) is 11.5 Å². The summed E-state index contributed by atoms with van der Waals surface area (Å²) in [4.78, 5) is 26.3. The molecule has 3 aromatic rings. The molecule has 1 aromatic heterocycles. The zero-order valence-electron chi connectivity index (χ0n) is 16.9. The van der Waals surface area contributed by atoms with Gasteiger partial charge in [0, 0.05) is 30.8 Å². The molecule has 0 saturated carbocycles. The molecule has 0 atom stereocenters. The van der Waals surface area contributed by atoms with Gasteiger partial charge in [0.05, 0.1) is 6.54 Å². The summed E-state index contributed by atoms with van der Waals surface area (Å²) in [7, 11) is 0. The van der Waals surface area contributed by atoms with E-state index in [1.54, 1.807) is 0 Å². The average molecular weight is 425 g/mol. The molecule has 0 bridgehead atoms. The lowest BCUT2D eigenvalue weighted by molar-refractivity contribution is 0.0746. The fraction of sp³-hybridized carbons (Fsp3) is 0.174. The Hall–Kier alpha value is -3.81. The Morgan fingerprint density at radius 1 is 1.13 bits per heavy atom. The van der Waals surface area contributed by atoms with Crippen LogP contribution in [0.15, 0.2) is 65.7 Å². The van der Waals surface area contributed by atoms with Crippen molar-refractivity contribution in [2.24, 2.45) is 0 Å². The molecule has 0 unspecified atom stereocenters. The second kappa shape index (κ2) is 9.80. The van der Waals surface area contributed by atoms with E-state index in [-0.39, 0.29) is 30.1 Å². The fourth-order valence-corrected chi connectivity index (χ4v) is 2.90. The van der Waals surface area contributed by atoms with E-state index in [9.17, 15) is 18.4 Å². The highest BCUT2D eigenvalue weighted by molar-refractivity contribution is 5.94. The van der Waals surface area contributed by atoms with E-state index >= 15 is 0 Å². The second-order valence-electron chi connectivity index (χ2n) is 6.98. The monoisotopic (exact) mass is 425 g/mol. The number of hydrogen-bond donors (Lipinski definition) is 1. The molecule has 2 aromatic carbocycles. The van der Waals surface area contributed by atoms with Crippen molar-refractivity contribution < 1.29 is 22.9 Å². The number of halogens is 2. The van der Waals surface area contributed by atoms with Crippen LogP contribution in [0.25, 0.3) is 0 Å². The van der Waals surface area contributed by atoms with Gasteiger partial charge in [-0.15, -0.1) is 6.58 Å². The summed E-state index contributed by atoms with van der Waals surface area (Å²) < 4.78 is 32.1. The Bertz CT molecular complexity index is 1070. The van der Waals surface area contributed by atoms with Gasteiger partial charge in [-0.25, -0.2) is 8.78 Å². The van der Waals surface area contributed by atoms with E-state index in [1.807, 2.05) is 31.2 Å². The van der Waals surface area contributed by atoms with Crippen LogP contribution >= 0.6 is 0 Å². The lowest BCUT2D eigenvalue weighted by Gasteiger charge is -2.19. The third-order valence-electron chi connectivity index (χ3n) is 4.46. The zero-order chi connectivity index (χ0) is 22.4. The first-order chi connectivity index (χ1) is 14.9. The first-order valence-electron chi connectivity index (χ1n) is 9.51. The van der Waals surface area contributed by atoms with Crippen molar-refractivity contribution in [1.82, 2.24) is 15.4 Å². The molecule has 0 saturated heterocycles. The van der Waals surface area contributed by atoms with Crippen molar-refractivity contribution >= 4 is 11.8 Å². The zero-order valence-corrected chi connectivity index (χ0v) is 16.9. The Morgan fingerprint density at radius 3 is 2.45 bits per heavy atom. The molecule has 0 aliphatic carbocycles. The van der Waals surface area contributed by atoms with E-state index in [2.05, 4.69) is 17.1 Å². The number of hydrogen-bond acceptors (Lipinski definition) is 4. The predicted molar refractivity (Wildman–Crippen MR) is 110 cm³/mol. The average Bonchev–Trinajstić information content (AvgIpc) is 3.20. The lowest BCUT2D eigenvalue weighted by atomic mass is 10.1. The summed E-state index contributed by atoms with van der Waals surface area (Å²) in [5, 5.41) is 6.49. The molecule has 2 amide bonds. The van der Waals surface area contributed by atoms with Crippen LogP contribution < -0.4 is 5.32 Å². The molecule has 0 fully saturated rings. The quantitative estimate of drug-likeness (QED) is 0.553. The molecule has 1 N–H and O–H groups in total. The maximum atomic E-state index is 13.5. The van der Waals surface area contributed by atoms with E-state index < -0.39 is 23.4 Å². The van der Waals surface area contributed by atoms with E-state index in [1.165, 1.54) is 17.0 Å². The van der Waals surface area contributed by atoms with Crippen LogP contribution in [0.3, 0.4) is 0 Å². The number of amides is 2. The van der Waals surface area contributed by atoms with Gasteiger partial charge < -0.3 is 14.7 Å². The molecule has 8 heteroatoms. The van der Waals surface area contributed by atoms with Crippen molar-refractivity contribution in [3.63, 3.8) is 0 Å². The van der Waals surface area contributed by atoms with Gasteiger partial charge in [-0.2, -0.15) is 0 Å². The molecular formula is C23H21F2N3O3. The number of carbonyl (C=O) groups is 2. The molecule has 0 radical (unpaired) electrons. The second-order valence-corrected chi connectivity index (χ2v) is 6.98. The van der Waals surface area contributed by atoms with Crippen LogP contribution in [0.5, 0.6) is 0 Å². The summed E-state index contributed by atoms with van der Waals surface area (Å²) in [6, 6.07) is 11.7. The summed E-state index contributed by atoms with van der Waals surface area (Å²) >= 11 is 0. The van der Waals surface area contributed by atoms with E-state index in [4.69, 9.17) is 4.52 Å². The molecule has 160 valence electrons. The van der Waals surface area contributed by atoms with Crippen molar-refractivity contribution in [3.05, 3.63) is 101 Å². The molecule has 0 spiro atoms. The van der Waals surface area contributed by atoms with Gasteiger partial charge in [-0.3, -0.25) is 9.59 Å². The lowest BCUT2D eigenvalue weighted by Crippen LogP contribution is -2.30. The Labute approximate surface area is 178 Å². The molecule has 0 aliphatic rings. The fourth-order valence-electron chi connectivity index (χ4n) is 2.90. The smallest absolute Gasteiger partial charge is 0.273 e. The van der Waals surface area contributed by atoms with Gasteiger partial charge in [-0.05, 0) is 24.6 Å². The van der Waals surface area contributed by atoms with Crippen LogP contribution in [0.1, 0.15) is 37.7 Å². The van der Waals surface area contributed by atoms with Crippen LogP contribution in [0, 0.1) is 18.6 Å². The molecule has 6 nitrogen and oxygen atoms in total. The minimum Gasteiger partial charge on any atom is -0.359 e. The number of benzene rings is 2. The molecule has 1 heterocycles. The summed E-state index contributed by atoms with van der Waals surface area (Å²) in [6.07, 6.45) is 1.47. The van der Waals surface area contributed by atoms with Crippen molar-refractivity contribution in [1.29, 1.82) is 0 Å². The van der Waals surface area contributed by atoms with Crippen molar-refractivity contribution in [3.8, 4) is 0 Å². The van der Waals surface area contributed by atoms with Gasteiger partial charge in [0.1, 0.15) is 11.6 Å². The van der Waals surface area contributed by atoms with E-state index in [0.29, 0.717) is 12.6 Å². The maximum absolute atomic E-state index is 13.5. The third-order valence-corrected chi connectivity index (χ3v) is 4.46. The van der Waals surface area contributed by atoms with Crippen LogP contribution in [-0.2, 0) is 13.1 Å². The summed E-state index contributed by atoms with van der Waals surface area (Å²) in [5.41, 5.74) is 1.98. The number of nitrogens with zero attached hydrogens (tertiary/aromatic N) is 2. The SMILES string of the molecule is C=CCN(Cc1cc(C(=O)NCc2ccc(C)cc2)no1)C(=O)c1cc(F)cc(F)c1. The summed E-state index contributed by atoms with van der Waals surface area (Å²) in [5.74, 6) is -2.50. The normalized spacial score (nSPS) is 10.5. The van der Waals surface area contributed by atoms with Crippen LogP contribution in [0.4, 0.5) is 8.78 Å². The van der Waals surface area contributed by atoms with Gasteiger partial charge in [-0.1, -0.05) is 41.1 Å². The van der Waals surface area contributed by atoms with Gasteiger partial charge in [0.2, 0.25) is 0 Å². The maximum Gasteiger partial charge on any atom is 0.273 e. The first kappa shape index (κ1) is 21.9. The van der Waals surface area contributed by atoms with Crippen molar-refractivity contribution in [2.75, 3.05) is 6.54 Å². The Balaban J connectivity index is 1.66. The largest absolute Gasteiger partial charge is 0.359 e. The number of rotatable bonds is 8. The minimum absolute atomic E-state index is 0.0543. The minimum atomic E-state index is -0.853. The standard InChI is InChI=1S/C23H21F2N3O3/c1-3-8-28(23(30)17-9-18(24)11-19(25)10-17)14-20-12-21(27-31-20)22(29)26-13-16-6-4-15(2)5-7-16/h3-7,9-12H,1,8,13-14H2,2H3,(H,26,29). The number of aryl methyl sites for hydroxylation is 1. The Morgan fingerprint density at radius 2 is 1.81 bits per heavy atom. The third kappa shape index (κ3) is 5.85. The molecule has 3 rings (SSSR count). The van der Waals surface area contributed by atoms with Crippen LogP contribution in [-0.4, -0.2) is 28.4 Å². The van der Waals surface area contributed by atoms with Gasteiger partial charge >= 0.3 is 0 Å². The Kier molecular flexibility index (Phi) is 6.92. The highest BCUT2D eigenvalue weighted by Gasteiger charge is 2.20. The molecule has 0 aliphatic heterocycles. The number of aromatic nitrogens is 1. The number of carbonyl (C=O) groups excluding carboxylic acids is 2. The summed E-state index contributed by atoms with van der Waals surface area (Å²) in [6.45, 7) is 5.95. The highest BCUT2D eigenvalue weighted by atomic mass is 19.1. The van der Waals surface area contributed by atoms with E-state index in [0.717, 1.165) is 23.3 Å². The van der Waals surface area contributed by atoms with Gasteiger partial charge in [0.25, 0.3) is 11.8 Å². The highest BCUT2D eigenvalue weighted by Crippen LogP contribution is 2.14. The molecular weight excluding hydrogens is 404 g/mol. The molecule has 31 heavy (non-hydrogen) atoms. The van der Waals surface area contributed by atoms with Crippen LogP contribution in [0.2, 0.25) is 0 Å². The number of nitrogens with one attached hydrogen (secondary N) is 1. The van der Waals surface area contributed by atoms with Crippen molar-refractivity contribution in [2.45, 2.75) is 20.0 Å². The topological polar surface area (TPSA) is 75.4 Å². The predicted octanol–water partition coefficient (Wildman–Crippen LogP) is 4.02. The first-order valence-corrected chi connectivity index (χ1v) is 9.51.